The third-order valence-corrected chi connectivity index (χ3v) is 13.5. The Bertz CT molecular complexity index is 2520. The van der Waals surface area contributed by atoms with Gasteiger partial charge >= 0.3 is 0 Å². The number of hydrogen-bond donors (Lipinski definition) is 4. The molecule has 7 N–H and O–H groups in total. The van der Waals surface area contributed by atoms with Crippen molar-refractivity contribution in [2.75, 3.05) is 74.4 Å². The highest BCUT2D eigenvalue weighted by molar-refractivity contribution is 7.88. The number of nitrogens with zero attached hydrogens (tertiary/aromatic N) is 6. The zero-order valence-electron chi connectivity index (χ0n) is 36.1. The second-order valence-electron chi connectivity index (χ2n) is 14.5. The summed E-state index contributed by atoms with van der Waals surface area (Å²) < 4.78 is 97.6. The molecule has 0 saturated carbocycles. The van der Waals surface area contributed by atoms with Gasteiger partial charge in [-0.25, -0.2) is 49.2 Å². The fraction of sp³-hybridized carbons (Fsp3) is 0.450. The molecule has 2 aromatic heterocycles. The summed E-state index contributed by atoms with van der Waals surface area (Å²) in [6.45, 7) is 7.85. The summed E-state index contributed by atoms with van der Waals surface area (Å²) in [6.07, 6.45) is 7.68. The number of sulfonamides is 2. The summed E-state index contributed by atoms with van der Waals surface area (Å²) in [7, 11) is -7.55. The number of piperidine rings is 2. The number of ether oxygens (including phenoxy) is 2. The van der Waals surface area contributed by atoms with Crippen LogP contribution in [-0.4, -0.2) is 131 Å². The molecular formula is C40H54F2N10O9S3. The third kappa shape index (κ3) is 14.4. The van der Waals surface area contributed by atoms with E-state index in [-0.39, 0.29) is 68.6 Å². The normalized spacial score (nSPS) is 15.8. The fourth-order valence-electron chi connectivity index (χ4n) is 6.37. The summed E-state index contributed by atoms with van der Waals surface area (Å²) in [4.78, 5) is 41.6. The largest absolute Gasteiger partial charge is 0.493 e. The molecule has 350 valence electrons. The lowest BCUT2D eigenvalue weighted by molar-refractivity contribution is 0.102. The van der Waals surface area contributed by atoms with Gasteiger partial charge in [-0.1, -0.05) is 6.92 Å². The summed E-state index contributed by atoms with van der Waals surface area (Å²) in [6, 6.07) is 7.52. The van der Waals surface area contributed by atoms with Gasteiger partial charge in [0.05, 0.1) is 58.8 Å². The molecule has 2 saturated heterocycles. The fourth-order valence-corrected chi connectivity index (χ4v) is 8.74. The van der Waals surface area contributed by atoms with Crippen LogP contribution < -0.4 is 32.0 Å². The van der Waals surface area contributed by atoms with Crippen LogP contribution >= 0.6 is 0 Å². The number of anilines is 3. The van der Waals surface area contributed by atoms with Crippen molar-refractivity contribution < 1.29 is 48.9 Å². The topological polar surface area (TPSA) is 286 Å². The van der Waals surface area contributed by atoms with Gasteiger partial charge in [0.1, 0.15) is 34.8 Å². The highest BCUT2D eigenvalue weighted by atomic mass is 32.2. The molecule has 24 heteroatoms. The van der Waals surface area contributed by atoms with Gasteiger partial charge in [-0.2, -0.15) is 4.98 Å². The minimum absolute atomic E-state index is 0.00778. The lowest BCUT2D eigenvalue weighted by atomic mass is 10.0. The molecule has 2 aromatic carbocycles. The van der Waals surface area contributed by atoms with Gasteiger partial charge < -0.3 is 32.0 Å². The van der Waals surface area contributed by atoms with E-state index < -0.39 is 54.0 Å². The maximum absolute atomic E-state index is 13.7. The Kier molecular flexibility index (Phi) is 18.5. The first-order chi connectivity index (χ1) is 30.2. The van der Waals surface area contributed by atoms with E-state index in [9.17, 15) is 39.4 Å². The standard InChI is InChI=1S/C19H24FN5O4S.C15H16FN3O3S.C6H14N2O2S/c1-3-29-16-5-4-12(20)10-14(16)17(26)15-11-22-19(24-18(15)21)23-13-6-8-25(9-7-13)30(2,27)28;1-3-22-12-6-5-9(16)7-10(12)13(20)11-8-18-15(19-14(11)17)23(21)4-2;1-11(9,10)8-4-2-6(7)3-5-8/h4-5,10-11,13H,3,6-9H2,1-2H3,(H3,21,22,23,24);5-8H,3-4H2,1-2H3,(H2,17,18,19);6H,2-5,7H2,1H3. The molecule has 2 fully saturated rings. The molecule has 64 heavy (non-hydrogen) atoms. The van der Waals surface area contributed by atoms with Crippen LogP contribution in [-0.2, 0) is 30.8 Å². The molecule has 0 bridgehead atoms. The first-order valence-electron chi connectivity index (χ1n) is 20.2. The smallest absolute Gasteiger partial charge is 0.224 e. The number of carbonyl (C=O) groups is 2. The predicted molar refractivity (Wildman–Crippen MR) is 239 cm³/mol. The molecule has 0 radical (unpaired) electrons. The molecule has 0 spiro atoms. The number of nitrogens with one attached hydrogen (secondary N) is 1. The molecule has 6 rings (SSSR count). The number of halogens is 2. The molecule has 1 unspecified atom stereocenters. The maximum atomic E-state index is 13.7. The Balaban J connectivity index is 0.000000232. The molecule has 2 aliphatic rings. The number of ketones is 2. The summed E-state index contributed by atoms with van der Waals surface area (Å²) in [5.41, 5.74) is 17.5. The van der Waals surface area contributed by atoms with E-state index in [1.54, 1.807) is 20.8 Å². The summed E-state index contributed by atoms with van der Waals surface area (Å²) in [5.74, 6) is -1.30. The minimum atomic E-state index is -3.20. The van der Waals surface area contributed by atoms with Crippen LogP contribution in [0.2, 0.25) is 0 Å². The molecule has 1 atom stereocenters. The first kappa shape index (κ1) is 51.4. The second kappa shape index (κ2) is 23.1. The van der Waals surface area contributed by atoms with E-state index in [1.165, 1.54) is 57.8 Å². The Labute approximate surface area is 374 Å². The first-order valence-corrected chi connectivity index (χ1v) is 25.2. The lowest BCUT2D eigenvalue weighted by Crippen LogP contribution is -2.42. The van der Waals surface area contributed by atoms with Crippen molar-refractivity contribution in [1.82, 2.24) is 28.5 Å². The molecular weight excluding hydrogens is 899 g/mol. The Morgan fingerprint density at radius 2 is 1.17 bits per heavy atom. The number of nitrogens with two attached hydrogens (primary N) is 3. The minimum Gasteiger partial charge on any atom is -0.493 e. The van der Waals surface area contributed by atoms with Crippen molar-refractivity contribution in [3.63, 3.8) is 0 Å². The lowest BCUT2D eigenvalue weighted by Gasteiger charge is -2.30. The molecule has 0 aliphatic carbocycles. The molecule has 19 nitrogen and oxygen atoms in total. The molecule has 4 aromatic rings. The maximum Gasteiger partial charge on any atom is 0.224 e. The van der Waals surface area contributed by atoms with Gasteiger partial charge in [-0.3, -0.25) is 13.8 Å². The van der Waals surface area contributed by atoms with E-state index in [1.807, 2.05) is 0 Å². The SMILES string of the molecule is CCOc1ccc(F)cc1C(=O)c1cnc(NC2CCN(S(C)(=O)=O)CC2)nc1N.CCOc1ccc(F)cc1C(=O)c1cnc(S(=O)CC)nc1N.CS(=O)(=O)N1CCC(N)CC1. The van der Waals surface area contributed by atoms with Crippen molar-refractivity contribution in [2.24, 2.45) is 5.73 Å². The van der Waals surface area contributed by atoms with Gasteiger partial charge in [0, 0.05) is 56.4 Å². The highest BCUT2D eigenvalue weighted by Gasteiger charge is 2.27. The molecule has 0 amide bonds. The van der Waals surface area contributed by atoms with Crippen molar-refractivity contribution in [3.8, 4) is 11.5 Å². The number of aromatic nitrogens is 4. The van der Waals surface area contributed by atoms with Crippen LogP contribution in [0.4, 0.5) is 26.4 Å². The number of benzene rings is 2. The van der Waals surface area contributed by atoms with Crippen LogP contribution in [0.1, 0.15) is 78.3 Å². The Hall–Kier alpha value is -5.27. The number of rotatable bonds is 14. The van der Waals surface area contributed by atoms with Gasteiger partial charge in [0.25, 0.3) is 0 Å². The zero-order chi connectivity index (χ0) is 47.4. The Morgan fingerprint density at radius 1 is 0.734 bits per heavy atom. The van der Waals surface area contributed by atoms with Crippen molar-refractivity contribution >= 4 is 60.0 Å². The number of carbonyl (C=O) groups excluding carboxylic acids is 2. The van der Waals surface area contributed by atoms with Gasteiger partial charge in [0.2, 0.25) is 42.7 Å². The monoisotopic (exact) mass is 952 g/mol. The third-order valence-electron chi connectivity index (χ3n) is 9.77. The van der Waals surface area contributed by atoms with Crippen LogP contribution in [0.15, 0.2) is 53.9 Å². The zero-order valence-corrected chi connectivity index (χ0v) is 38.6. The van der Waals surface area contributed by atoms with Crippen LogP contribution in [0.3, 0.4) is 0 Å². The van der Waals surface area contributed by atoms with Gasteiger partial charge in [0.15, 0.2) is 0 Å². The highest BCUT2D eigenvalue weighted by Crippen LogP contribution is 2.27. The van der Waals surface area contributed by atoms with E-state index in [0.717, 1.165) is 25.0 Å². The number of nitrogen functional groups attached to an aromatic ring is 2. The van der Waals surface area contributed by atoms with Crippen LogP contribution in [0, 0.1) is 11.6 Å². The van der Waals surface area contributed by atoms with Crippen molar-refractivity contribution in [3.05, 3.63) is 82.7 Å². The van der Waals surface area contributed by atoms with E-state index in [4.69, 9.17) is 26.7 Å². The van der Waals surface area contributed by atoms with Gasteiger partial charge in [-0.05, 0) is 75.9 Å². The average molecular weight is 953 g/mol. The van der Waals surface area contributed by atoms with E-state index in [2.05, 4.69) is 25.3 Å². The second-order valence-corrected chi connectivity index (χ2v) is 20.1. The van der Waals surface area contributed by atoms with E-state index >= 15 is 0 Å². The van der Waals surface area contributed by atoms with Crippen molar-refractivity contribution in [2.45, 2.75) is 63.7 Å². The van der Waals surface area contributed by atoms with Gasteiger partial charge in [-0.15, -0.1) is 0 Å². The van der Waals surface area contributed by atoms with Crippen LogP contribution in [0.25, 0.3) is 0 Å². The molecule has 2 aliphatic heterocycles. The van der Waals surface area contributed by atoms with Crippen LogP contribution in [0.5, 0.6) is 11.5 Å². The number of hydrogen-bond acceptors (Lipinski definition) is 17. The average Bonchev–Trinajstić information content (AvgIpc) is 3.24. The van der Waals surface area contributed by atoms with Crippen molar-refractivity contribution in [1.29, 1.82) is 0 Å². The van der Waals surface area contributed by atoms with E-state index in [0.29, 0.717) is 58.0 Å². The summed E-state index contributed by atoms with van der Waals surface area (Å²) >= 11 is 0. The summed E-state index contributed by atoms with van der Waals surface area (Å²) in [5, 5.41) is 3.18. The Morgan fingerprint density at radius 3 is 1.58 bits per heavy atom. The quantitative estimate of drug-likeness (QED) is 0.104. The predicted octanol–water partition coefficient (Wildman–Crippen LogP) is 2.99. The molecule has 4 heterocycles.